The predicted molar refractivity (Wildman–Crippen MR) is 95.1 cm³/mol. The first-order valence-corrected chi connectivity index (χ1v) is 8.07. The number of nitrogens with two attached hydrogens (primary N) is 1. The van der Waals surface area contributed by atoms with Crippen LogP contribution in [0.25, 0.3) is 0 Å². The summed E-state index contributed by atoms with van der Waals surface area (Å²) in [5, 5.41) is 10.7. The molecule has 1 aromatic carbocycles. The van der Waals surface area contributed by atoms with Crippen molar-refractivity contribution in [1.82, 2.24) is 4.90 Å². The lowest BCUT2D eigenvalue weighted by Crippen LogP contribution is -2.43. The van der Waals surface area contributed by atoms with Crippen molar-refractivity contribution in [3.63, 3.8) is 0 Å². The number of hydrogen-bond donors (Lipinski definition) is 1. The van der Waals surface area contributed by atoms with Crippen LogP contribution in [0.4, 0.5) is 5.69 Å². The molecule has 1 heterocycles. The van der Waals surface area contributed by atoms with Crippen LogP contribution in [0, 0.1) is 10.1 Å². The minimum absolute atomic E-state index is 0. The van der Waals surface area contributed by atoms with E-state index in [9.17, 15) is 14.9 Å². The molecular formula is C16H24ClN3O5. The summed E-state index contributed by atoms with van der Waals surface area (Å²) in [6, 6.07) is 5.81. The summed E-state index contributed by atoms with van der Waals surface area (Å²) in [5.74, 6) is 0.194. The van der Waals surface area contributed by atoms with Gasteiger partial charge in [-0.3, -0.25) is 14.9 Å². The molecule has 1 amide bonds. The first-order valence-electron chi connectivity index (χ1n) is 8.07. The van der Waals surface area contributed by atoms with Crippen LogP contribution in [0.2, 0.25) is 0 Å². The summed E-state index contributed by atoms with van der Waals surface area (Å²) >= 11 is 0. The quantitative estimate of drug-likeness (QED) is 0.422. The molecule has 0 spiro atoms. The number of hydrogen-bond acceptors (Lipinski definition) is 6. The van der Waals surface area contributed by atoms with E-state index in [1.54, 1.807) is 11.0 Å². The molecule has 0 radical (unpaired) electrons. The van der Waals surface area contributed by atoms with Gasteiger partial charge in [0.2, 0.25) is 0 Å². The highest BCUT2D eigenvalue weighted by Gasteiger charge is 2.23. The molecule has 2 rings (SSSR count). The second-order valence-electron chi connectivity index (χ2n) is 5.64. The van der Waals surface area contributed by atoms with E-state index < -0.39 is 4.92 Å². The molecule has 1 saturated heterocycles. The Labute approximate surface area is 152 Å². The van der Waals surface area contributed by atoms with Crippen LogP contribution >= 0.6 is 12.4 Å². The Hall–Kier alpha value is -1.90. The lowest BCUT2D eigenvalue weighted by Gasteiger charge is -2.31. The Morgan fingerprint density at radius 1 is 1.36 bits per heavy atom. The standard InChI is InChI=1S/C16H23N3O5.ClH/c17-7-2-10-23-14-5-8-18(9-6-14)16(20)12-24-15-4-1-3-13(11-15)19(21)22;/h1,3-4,11,14H,2,5-10,12,17H2;1H. The van der Waals surface area contributed by atoms with Crippen LogP contribution in [0.15, 0.2) is 24.3 Å². The second kappa shape index (κ2) is 10.9. The summed E-state index contributed by atoms with van der Waals surface area (Å²) < 4.78 is 11.1. The minimum Gasteiger partial charge on any atom is -0.484 e. The highest BCUT2D eigenvalue weighted by molar-refractivity contribution is 5.85. The number of nitrogens with zero attached hydrogens (tertiary/aromatic N) is 2. The number of rotatable bonds is 8. The maximum atomic E-state index is 12.2. The Balaban J connectivity index is 0.00000312. The number of carbonyl (C=O) groups excluding carboxylic acids is 1. The molecule has 0 aromatic heterocycles. The largest absolute Gasteiger partial charge is 0.484 e. The van der Waals surface area contributed by atoms with Gasteiger partial charge in [-0.25, -0.2) is 0 Å². The van der Waals surface area contributed by atoms with Gasteiger partial charge in [0.1, 0.15) is 5.75 Å². The van der Waals surface area contributed by atoms with Crippen LogP contribution in [0.1, 0.15) is 19.3 Å². The summed E-state index contributed by atoms with van der Waals surface area (Å²) in [6.45, 7) is 2.41. The van der Waals surface area contributed by atoms with E-state index in [-0.39, 0.29) is 36.7 Å². The summed E-state index contributed by atoms with van der Waals surface area (Å²) in [7, 11) is 0. The van der Waals surface area contributed by atoms with Crippen molar-refractivity contribution in [3.8, 4) is 5.75 Å². The number of halogens is 1. The van der Waals surface area contributed by atoms with E-state index in [0.29, 0.717) is 32.0 Å². The molecular weight excluding hydrogens is 350 g/mol. The molecule has 1 aliphatic heterocycles. The number of benzene rings is 1. The van der Waals surface area contributed by atoms with Crippen LogP contribution < -0.4 is 10.5 Å². The van der Waals surface area contributed by atoms with Crippen LogP contribution in [-0.2, 0) is 9.53 Å². The molecule has 0 bridgehead atoms. The molecule has 2 N–H and O–H groups in total. The van der Waals surface area contributed by atoms with E-state index in [0.717, 1.165) is 19.3 Å². The molecule has 1 aromatic rings. The summed E-state index contributed by atoms with van der Waals surface area (Å²) in [5.41, 5.74) is 5.37. The number of ether oxygens (including phenoxy) is 2. The minimum atomic E-state index is -0.496. The fourth-order valence-corrected chi connectivity index (χ4v) is 2.53. The van der Waals surface area contributed by atoms with Crippen molar-refractivity contribution in [2.45, 2.75) is 25.4 Å². The SMILES string of the molecule is Cl.NCCCOC1CCN(C(=O)COc2cccc([N+](=O)[O-])c2)CC1. The Kier molecular flexibility index (Phi) is 9.18. The molecule has 9 heteroatoms. The lowest BCUT2D eigenvalue weighted by atomic mass is 10.1. The Morgan fingerprint density at radius 3 is 2.72 bits per heavy atom. The van der Waals surface area contributed by atoms with Gasteiger partial charge in [-0.15, -0.1) is 12.4 Å². The highest BCUT2D eigenvalue weighted by Crippen LogP contribution is 2.19. The number of carbonyl (C=O) groups is 1. The number of piperidine rings is 1. The van der Waals surface area contributed by atoms with Crippen LogP contribution in [0.3, 0.4) is 0 Å². The first kappa shape index (κ1) is 21.1. The van der Waals surface area contributed by atoms with E-state index in [4.69, 9.17) is 15.2 Å². The van der Waals surface area contributed by atoms with Crippen molar-refractivity contribution in [3.05, 3.63) is 34.4 Å². The fourth-order valence-electron chi connectivity index (χ4n) is 2.53. The average Bonchev–Trinajstić information content (AvgIpc) is 2.60. The first-order chi connectivity index (χ1) is 11.6. The highest BCUT2D eigenvalue weighted by atomic mass is 35.5. The topological polar surface area (TPSA) is 108 Å². The summed E-state index contributed by atoms with van der Waals surface area (Å²) in [4.78, 5) is 24.1. The zero-order valence-corrected chi connectivity index (χ0v) is 14.8. The van der Waals surface area contributed by atoms with Gasteiger partial charge in [-0.05, 0) is 31.9 Å². The zero-order valence-electron chi connectivity index (χ0n) is 14.0. The van der Waals surface area contributed by atoms with Crippen LogP contribution in [0.5, 0.6) is 5.75 Å². The second-order valence-corrected chi connectivity index (χ2v) is 5.64. The molecule has 1 aliphatic rings. The van der Waals surface area contributed by atoms with Crippen molar-refractivity contribution >= 4 is 24.0 Å². The molecule has 1 fully saturated rings. The number of nitro groups is 1. The molecule has 0 aliphatic carbocycles. The number of amides is 1. The molecule has 140 valence electrons. The van der Waals surface area contributed by atoms with Gasteiger partial charge in [0, 0.05) is 25.8 Å². The molecule has 25 heavy (non-hydrogen) atoms. The van der Waals surface area contributed by atoms with Gasteiger partial charge in [0.25, 0.3) is 11.6 Å². The van der Waals surface area contributed by atoms with Crippen LogP contribution in [-0.4, -0.2) is 54.7 Å². The van der Waals surface area contributed by atoms with Gasteiger partial charge < -0.3 is 20.1 Å². The third-order valence-electron chi connectivity index (χ3n) is 3.89. The third kappa shape index (κ3) is 6.85. The van der Waals surface area contributed by atoms with Crippen molar-refractivity contribution in [2.24, 2.45) is 5.73 Å². The number of nitro benzene ring substituents is 1. The molecule has 0 unspecified atom stereocenters. The fraction of sp³-hybridized carbons (Fsp3) is 0.562. The predicted octanol–water partition coefficient (Wildman–Crippen LogP) is 1.75. The van der Waals surface area contributed by atoms with Crippen molar-refractivity contribution < 1.29 is 19.2 Å². The number of non-ortho nitro benzene ring substituents is 1. The van der Waals surface area contributed by atoms with E-state index in [2.05, 4.69) is 0 Å². The molecule has 8 nitrogen and oxygen atoms in total. The van der Waals surface area contributed by atoms with Gasteiger partial charge in [0.15, 0.2) is 6.61 Å². The average molecular weight is 374 g/mol. The van der Waals surface area contributed by atoms with Gasteiger partial charge in [-0.1, -0.05) is 6.07 Å². The van der Waals surface area contributed by atoms with Gasteiger partial charge in [0.05, 0.1) is 17.1 Å². The molecule has 0 saturated carbocycles. The Bertz CT molecular complexity index is 564. The monoisotopic (exact) mass is 373 g/mol. The summed E-state index contributed by atoms with van der Waals surface area (Å²) in [6.07, 6.45) is 2.62. The van der Waals surface area contributed by atoms with E-state index in [1.807, 2.05) is 0 Å². The maximum Gasteiger partial charge on any atom is 0.273 e. The van der Waals surface area contributed by atoms with Crippen molar-refractivity contribution in [2.75, 3.05) is 32.8 Å². The normalized spacial score (nSPS) is 14.7. The lowest BCUT2D eigenvalue weighted by molar-refractivity contribution is -0.384. The molecule has 0 atom stereocenters. The van der Waals surface area contributed by atoms with E-state index >= 15 is 0 Å². The zero-order chi connectivity index (χ0) is 17.4. The smallest absolute Gasteiger partial charge is 0.273 e. The van der Waals surface area contributed by atoms with Crippen molar-refractivity contribution in [1.29, 1.82) is 0 Å². The number of likely N-dealkylation sites (tertiary alicyclic amines) is 1. The third-order valence-corrected chi connectivity index (χ3v) is 3.89. The van der Waals surface area contributed by atoms with E-state index in [1.165, 1.54) is 18.2 Å². The van der Waals surface area contributed by atoms with Gasteiger partial charge in [-0.2, -0.15) is 0 Å². The van der Waals surface area contributed by atoms with Gasteiger partial charge >= 0.3 is 0 Å². The Morgan fingerprint density at radius 2 is 2.08 bits per heavy atom. The maximum absolute atomic E-state index is 12.2.